The number of nitrogens with one attached hydrogen (secondary N) is 1. The van der Waals surface area contributed by atoms with Crippen LogP contribution in [0.2, 0.25) is 0 Å². The number of nitrogens with two attached hydrogens (primary N) is 1. The van der Waals surface area contributed by atoms with Crippen molar-refractivity contribution in [3.8, 4) is 0 Å². The first kappa shape index (κ1) is 15.3. The van der Waals surface area contributed by atoms with Gasteiger partial charge in [0.25, 0.3) is 0 Å². The van der Waals surface area contributed by atoms with Crippen molar-refractivity contribution in [2.45, 2.75) is 50.1 Å². The lowest BCUT2D eigenvalue weighted by molar-refractivity contribution is -0.126. The van der Waals surface area contributed by atoms with Gasteiger partial charge in [0, 0.05) is 38.8 Å². The van der Waals surface area contributed by atoms with Crippen LogP contribution in [-0.2, 0) is 4.79 Å². The van der Waals surface area contributed by atoms with Crippen molar-refractivity contribution in [2.75, 3.05) is 39.8 Å². The Balaban J connectivity index is 1.53. The molecule has 2 aliphatic carbocycles. The standard InChI is InChI=1S/C16H30N4O/c1-18-16(15(17)21)6-2-3-14(11-16)20-9-7-19(8-10-20)12-13-4-5-13/h13-14,18H,2-12H2,1H3,(H2,17,21). The highest BCUT2D eigenvalue weighted by molar-refractivity contribution is 5.84. The molecule has 2 unspecified atom stereocenters. The molecule has 0 spiro atoms. The van der Waals surface area contributed by atoms with Crippen molar-refractivity contribution >= 4 is 5.91 Å². The molecular formula is C16H30N4O. The average Bonchev–Trinajstić information content (AvgIpc) is 3.32. The van der Waals surface area contributed by atoms with E-state index in [2.05, 4.69) is 15.1 Å². The Morgan fingerprint density at radius 3 is 2.52 bits per heavy atom. The highest BCUT2D eigenvalue weighted by atomic mass is 16.1. The maximum Gasteiger partial charge on any atom is 0.237 e. The summed E-state index contributed by atoms with van der Waals surface area (Å²) in [5.41, 5.74) is 5.18. The molecule has 120 valence electrons. The largest absolute Gasteiger partial charge is 0.368 e. The molecule has 5 heteroatoms. The zero-order valence-electron chi connectivity index (χ0n) is 13.3. The van der Waals surface area contributed by atoms with Crippen LogP contribution in [-0.4, -0.2) is 67.1 Å². The number of likely N-dealkylation sites (N-methyl/N-ethyl adjacent to an activating group) is 1. The van der Waals surface area contributed by atoms with Gasteiger partial charge in [0.1, 0.15) is 0 Å². The first-order valence-corrected chi connectivity index (χ1v) is 8.58. The van der Waals surface area contributed by atoms with Crippen molar-refractivity contribution in [2.24, 2.45) is 11.7 Å². The summed E-state index contributed by atoms with van der Waals surface area (Å²) in [6, 6.07) is 0.516. The number of hydrogen-bond acceptors (Lipinski definition) is 4. The maximum atomic E-state index is 11.8. The van der Waals surface area contributed by atoms with E-state index in [-0.39, 0.29) is 5.91 Å². The molecule has 21 heavy (non-hydrogen) atoms. The SMILES string of the molecule is CNC1(C(N)=O)CCCC(N2CCN(CC3CC3)CC2)C1. The van der Waals surface area contributed by atoms with Gasteiger partial charge in [-0.25, -0.2) is 0 Å². The fourth-order valence-corrected chi connectivity index (χ4v) is 4.11. The fraction of sp³-hybridized carbons (Fsp3) is 0.938. The van der Waals surface area contributed by atoms with E-state index < -0.39 is 5.54 Å². The molecule has 3 fully saturated rings. The topological polar surface area (TPSA) is 61.6 Å². The first-order chi connectivity index (χ1) is 10.1. The van der Waals surface area contributed by atoms with Gasteiger partial charge in [-0.3, -0.25) is 9.69 Å². The van der Waals surface area contributed by atoms with Crippen molar-refractivity contribution in [1.29, 1.82) is 0 Å². The van der Waals surface area contributed by atoms with Gasteiger partial charge in [0.2, 0.25) is 5.91 Å². The quantitative estimate of drug-likeness (QED) is 0.770. The molecule has 1 heterocycles. The summed E-state index contributed by atoms with van der Waals surface area (Å²) in [6.45, 7) is 5.98. The molecule has 0 aromatic rings. The molecule has 1 saturated heterocycles. The van der Waals surface area contributed by atoms with Crippen molar-refractivity contribution < 1.29 is 4.79 Å². The molecule has 5 nitrogen and oxygen atoms in total. The van der Waals surface area contributed by atoms with Crippen LogP contribution in [0.4, 0.5) is 0 Å². The monoisotopic (exact) mass is 294 g/mol. The van der Waals surface area contributed by atoms with Gasteiger partial charge in [-0.15, -0.1) is 0 Å². The summed E-state index contributed by atoms with van der Waals surface area (Å²) in [5.74, 6) is 0.806. The number of amides is 1. The van der Waals surface area contributed by atoms with Crippen molar-refractivity contribution in [3.05, 3.63) is 0 Å². The Kier molecular flexibility index (Phi) is 4.52. The van der Waals surface area contributed by atoms with Gasteiger partial charge in [-0.05, 0) is 51.5 Å². The number of primary amides is 1. The summed E-state index contributed by atoms with van der Waals surface area (Å²) in [4.78, 5) is 17.1. The molecule has 2 saturated carbocycles. The van der Waals surface area contributed by atoms with E-state index >= 15 is 0 Å². The molecule has 3 N–H and O–H groups in total. The molecule has 1 amide bonds. The molecular weight excluding hydrogens is 264 g/mol. The predicted molar refractivity (Wildman–Crippen MR) is 84.0 cm³/mol. The third-order valence-electron chi connectivity index (χ3n) is 5.81. The average molecular weight is 294 g/mol. The van der Waals surface area contributed by atoms with E-state index in [1.165, 1.54) is 38.9 Å². The van der Waals surface area contributed by atoms with Gasteiger partial charge in [-0.2, -0.15) is 0 Å². The molecule has 0 aromatic heterocycles. The number of rotatable bonds is 5. The Hall–Kier alpha value is -0.650. The van der Waals surface area contributed by atoms with Crippen LogP contribution in [0.15, 0.2) is 0 Å². The minimum atomic E-state index is -0.478. The third kappa shape index (κ3) is 3.41. The van der Waals surface area contributed by atoms with Gasteiger partial charge >= 0.3 is 0 Å². The molecule has 0 bridgehead atoms. The number of nitrogens with zero attached hydrogens (tertiary/aromatic N) is 2. The first-order valence-electron chi connectivity index (χ1n) is 8.58. The number of piperazine rings is 1. The van der Waals surface area contributed by atoms with Crippen LogP contribution in [0.5, 0.6) is 0 Å². The highest BCUT2D eigenvalue weighted by Gasteiger charge is 2.42. The Labute approximate surface area is 128 Å². The van der Waals surface area contributed by atoms with E-state index in [0.717, 1.165) is 38.3 Å². The fourth-order valence-electron chi connectivity index (χ4n) is 4.11. The summed E-state index contributed by atoms with van der Waals surface area (Å²) < 4.78 is 0. The smallest absolute Gasteiger partial charge is 0.237 e. The molecule has 2 atom stereocenters. The van der Waals surface area contributed by atoms with Gasteiger partial charge in [0.05, 0.1) is 5.54 Å². The molecule has 3 aliphatic rings. The van der Waals surface area contributed by atoms with Crippen molar-refractivity contribution in [1.82, 2.24) is 15.1 Å². The zero-order valence-corrected chi connectivity index (χ0v) is 13.3. The van der Waals surface area contributed by atoms with Crippen LogP contribution in [0.1, 0.15) is 38.5 Å². The lowest BCUT2D eigenvalue weighted by Gasteiger charge is -2.45. The van der Waals surface area contributed by atoms with E-state index in [0.29, 0.717) is 6.04 Å². The van der Waals surface area contributed by atoms with Crippen LogP contribution in [0, 0.1) is 5.92 Å². The van der Waals surface area contributed by atoms with Gasteiger partial charge in [-0.1, -0.05) is 0 Å². The van der Waals surface area contributed by atoms with Gasteiger partial charge in [0.15, 0.2) is 0 Å². The van der Waals surface area contributed by atoms with Crippen LogP contribution in [0.3, 0.4) is 0 Å². The normalized spacial score (nSPS) is 35.8. The second-order valence-electron chi connectivity index (χ2n) is 7.23. The Bertz CT molecular complexity index is 376. The maximum absolute atomic E-state index is 11.8. The summed E-state index contributed by atoms with van der Waals surface area (Å²) in [5, 5.41) is 3.22. The summed E-state index contributed by atoms with van der Waals surface area (Å²) in [7, 11) is 1.88. The Morgan fingerprint density at radius 2 is 1.95 bits per heavy atom. The predicted octanol–water partition coefficient (Wildman–Crippen LogP) is 0.400. The number of carbonyl (C=O) groups excluding carboxylic acids is 1. The third-order valence-corrected chi connectivity index (χ3v) is 5.81. The van der Waals surface area contributed by atoms with E-state index in [1.807, 2.05) is 7.05 Å². The van der Waals surface area contributed by atoms with Gasteiger partial charge < -0.3 is 16.0 Å². The lowest BCUT2D eigenvalue weighted by atomic mass is 9.77. The minimum absolute atomic E-state index is 0.179. The van der Waals surface area contributed by atoms with Crippen molar-refractivity contribution in [3.63, 3.8) is 0 Å². The lowest BCUT2D eigenvalue weighted by Crippen LogP contribution is -2.61. The van der Waals surface area contributed by atoms with Crippen LogP contribution in [0.25, 0.3) is 0 Å². The Morgan fingerprint density at radius 1 is 1.24 bits per heavy atom. The highest BCUT2D eigenvalue weighted by Crippen LogP contribution is 2.33. The van der Waals surface area contributed by atoms with Crippen LogP contribution < -0.4 is 11.1 Å². The van der Waals surface area contributed by atoms with Crippen LogP contribution >= 0.6 is 0 Å². The molecule has 0 aromatic carbocycles. The summed E-state index contributed by atoms with van der Waals surface area (Å²) in [6.07, 6.45) is 6.94. The summed E-state index contributed by atoms with van der Waals surface area (Å²) >= 11 is 0. The zero-order chi connectivity index (χ0) is 14.9. The molecule has 1 aliphatic heterocycles. The second-order valence-corrected chi connectivity index (χ2v) is 7.23. The number of carbonyl (C=O) groups is 1. The molecule has 0 radical (unpaired) electrons. The second kappa shape index (κ2) is 6.23. The molecule has 3 rings (SSSR count). The van der Waals surface area contributed by atoms with E-state index in [9.17, 15) is 4.79 Å². The van der Waals surface area contributed by atoms with E-state index in [4.69, 9.17) is 5.73 Å². The van der Waals surface area contributed by atoms with E-state index in [1.54, 1.807) is 0 Å². The minimum Gasteiger partial charge on any atom is -0.368 e. The number of hydrogen-bond donors (Lipinski definition) is 2.